The van der Waals surface area contributed by atoms with Crippen LogP contribution in [0.1, 0.15) is 354 Å². The van der Waals surface area contributed by atoms with Crippen LogP contribution in [0.4, 0.5) is 0 Å². The van der Waals surface area contributed by atoms with Crippen molar-refractivity contribution < 1.29 is 28.6 Å². The molecule has 720 valence electrons. The van der Waals surface area contributed by atoms with Crippen LogP contribution < -0.4 is 0 Å². The lowest BCUT2D eigenvalue weighted by molar-refractivity contribution is -0.144. The molecular weight excluding hydrogens is 1720 g/mol. The van der Waals surface area contributed by atoms with Crippen molar-refractivity contribution in [2.75, 3.05) is 19.8 Å². The van der Waals surface area contributed by atoms with Crippen LogP contribution >= 0.6 is 0 Å². The molecule has 138 heavy (non-hydrogen) atoms. The summed E-state index contributed by atoms with van der Waals surface area (Å²) < 4.78 is 23.6. The van der Waals surface area contributed by atoms with Crippen molar-refractivity contribution in [3.8, 4) is 0 Å². The van der Waals surface area contributed by atoms with E-state index in [1.54, 1.807) is 14.0 Å². The second-order valence-electron chi connectivity index (χ2n) is 44.8. The molecule has 0 spiro atoms. The van der Waals surface area contributed by atoms with Gasteiger partial charge in [-0.2, -0.15) is 0 Å². The summed E-state index contributed by atoms with van der Waals surface area (Å²) in [5.74, 6) is -0.915. The van der Waals surface area contributed by atoms with Crippen LogP contribution in [-0.2, 0) is 132 Å². The molecule has 1 aromatic carbocycles. The van der Waals surface area contributed by atoms with Gasteiger partial charge in [0.05, 0.1) is 56.5 Å². The molecule has 0 atom stereocenters. The van der Waals surface area contributed by atoms with E-state index >= 15 is 0 Å². The Balaban J connectivity index is 0.523. The second-order valence-corrected chi connectivity index (χ2v) is 44.8. The quantitative estimate of drug-likeness (QED) is 0.0198. The Hall–Kier alpha value is -13.6. The number of aromatic amines is 12. The minimum Gasteiger partial charge on any atom is -0.465 e. The van der Waals surface area contributed by atoms with E-state index in [1.807, 2.05) is 18.6 Å². The van der Waals surface area contributed by atoms with Crippen LogP contribution in [-0.4, -0.2) is 143 Å². The predicted octanol–water partition coefficient (Wildman–Crippen LogP) is 20.0. The molecule has 12 N–H and O–H groups in total. The number of ether oxygens (including phenoxy) is 3. The van der Waals surface area contributed by atoms with E-state index in [2.05, 4.69) is 400 Å². The van der Waals surface area contributed by atoms with Crippen LogP contribution in [0, 0.1) is 0 Å². The number of carbonyl (C=O) groups excluding carboxylic acids is 3. The Kier molecular flexibility index (Phi) is 23.2. The van der Waals surface area contributed by atoms with E-state index in [0.717, 1.165) is 153 Å². The van der Waals surface area contributed by atoms with Gasteiger partial charge in [-0.25, -0.2) is 14.0 Å². The summed E-state index contributed by atoms with van der Waals surface area (Å²) in [6.45, 7) is 48.4. The molecule has 3 aliphatic rings. The fourth-order valence-electron chi connectivity index (χ4n) is 21.1. The SMILES string of the molecule is CC1(C)c2ccc([nH]2)C(C)(C)c2ccc([nH]2)C(C)(CCC(=O)OCCc2cn(Cc3cc(Cn4cc(CCOC(=O)CCC5(C)c6ccc([nH]6)C(C)(C)c6ccc([nH]6)C(C)(C)c6ccc([nH]6)C(C)(C)c6ccc5[nH]6)nn4)cc(Cn4cc(CCOC(=O)CCC5(C)c6ccc([nH]6)C(C)(C)c6ccc([nH]6)C(C)(C)c6ccc([nH]6)C(C)(C)c6ccc5[nH]6)nn4)c3)nn2)c2ccc([nH]2)C(C)(C)c2ccc1[nH]2. The summed E-state index contributed by atoms with van der Waals surface area (Å²) in [6, 6.07) is 58.9. The number of aromatic nitrogens is 21. The van der Waals surface area contributed by atoms with Crippen molar-refractivity contribution in [1.29, 1.82) is 0 Å². The molecule has 3 aliphatic heterocycles. The number of H-pyrrole nitrogens is 12. The minimum atomic E-state index is -0.630. The molecule has 16 aromatic rings. The van der Waals surface area contributed by atoms with E-state index in [-0.39, 0.29) is 73.2 Å². The molecule has 0 saturated heterocycles. The average molecular weight is 1860 g/mol. The lowest BCUT2D eigenvalue weighted by Gasteiger charge is -2.30. The van der Waals surface area contributed by atoms with Crippen LogP contribution in [0.2, 0.25) is 0 Å². The van der Waals surface area contributed by atoms with Gasteiger partial charge in [-0.05, 0) is 327 Å². The minimum absolute atomic E-state index is 0.120. The van der Waals surface area contributed by atoms with Crippen molar-refractivity contribution >= 4 is 17.9 Å². The van der Waals surface area contributed by atoms with Crippen LogP contribution in [0.3, 0.4) is 0 Å². The van der Waals surface area contributed by atoms with E-state index in [4.69, 9.17) is 14.2 Å². The number of rotatable bonds is 24. The van der Waals surface area contributed by atoms with Gasteiger partial charge in [0.25, 0.3) is 0 Å². The number of nitrogens with one attached hydrogen (secondary N) is 12. The normalized spacial score (nSPS) is 17.8. The molecule has 18 heterocycles. The Morgan fingerprint density at radius 3 is 0.536 bits per heavy atom. The van der Waals surface area contributed by atoms with Gasteiger partial charge in [-0.15, -0.1) is 15.3 Å². The van der Waals surface area contributed by atoms with Crippen molar-refractivity contribution in [2.24, 2.45) is 0 Å². The van der Waals surface area contributed by atoms with Gasteiger partial charge < -0.3 is 74.0 Å². The third-order valence-electron chi connectivity index (χ3n) is 32.2. The molecule has 19 rings (SSSR count). The summed E-state index contributed by atoms with van der Waals surface area (Å²) >= 11 is 0. The summed E-state index contributed by atoms with van der Waals surface area (Å²) in [5.41, 5.74) is 25.4. The monoisotopic (exact) mass is 1860 g/mol. The highest BCUT2D eigenvalue weighted by molar-refractivity contribution is 5.71. The van der Waals surface area contributed by atoms with Crippen molar-refractivity contribution in [3.63, 3.8) is 0 Å². The molecule has 24 bridgehead atoms. The van der Waals surface area contributed by atoms with Gasteiger partial charge in [-0.1, -0.05) is 33.8 Å². The Morgan fingerprint density at radius 1 is 0.232 bits per heavy atom. The fourth-order valence-corrected chi connectivity index (χ4v) is 21.1. The Bertz CT molecular complexity index is 6190. The van der Waals surface area contributed by atoms with Gasteiger partial charge in [0.1, 0.15) is 0 Å². The average Bonchev–Trinajstić information content (AvgIpc) is 1.60. The number of hydrogen-bond donors (Lipinski definition) is 12. The van der Waals surface area contributed by atoms with E-state index in [0.29, 0.717) is 75.2 Å². The zero-order valence-corrected chi connectivity index (χ0v) is 83.9. The predicted molar refractivity (Wildman–Crippen MR) is 534 cm³/mol. The lowest BCUT2D eigenvalue weighted by Crippen LogP contribution is -2.29. The maximum atomic E-state index is 14.1. The smallest absolute Gasteiger partial charge is 0.305 e. The van der Waals surface area contributed by atoms with Crippen molar-refractivity contribution in [3.05, 3.63) is 353 Å². The zero-order chi connectivity index (χ0) is 97.5. The summed E-state index contributed by atoms with van der Waals surface area (Å²) in [7, 11) is 0. The highest BCUT2D eigenvalue weighted by Gasteiger charge is 2.45. The molecule has 15 aromatic heterocycles. The van der Waals surface area contributed by atoms with Crippen LogP contribution in [0.15, 0.2) is 182 Å². The molecule has 0 unspecified atom stereocenters. The molecule has 0 radical (unpaired) electrons. The van der Waals surface area contributed by atoms with Crippen LogP contribution in [0.5, 0.6) is 0 Å². The van der Waals surface area contributed by atoms with Gasteiger partial charge in [0, 0.05) is 259 Å². The molecule has 0 aliphatic carbocycles. The number of hydrogen-bond acceptors (Lipinski definition) is 12. The molecular formula is C111H135N21O6. The van der Waals surface area contributed by atoms with Crippen molar-refractivity contribution in [1.82, 2.24) is 105 Å². The van der Waals surface area contributed by atoms with Gasteiger partial charge >= 0.3 is 17.9 Å². The van der Waals surface area contributed by atoms with Gasteiger partial charge in [0.15, 0.2) is 0 Å². The zero-order valence-electron chi connectivity index (χ0n) is 83.9. The summed E-state index contributed by atoms with van der Waals surface area (Å²) in [5, 5.41) is 27.6. The summed E-state index contributed by atoms with van der Waals surface area (Å²) in [6.07, 6.45) is 8.68. The summed E-state index contributed by atoms with van der Waals surface area (Å²) in [4.78, 5) is 88.4. The Morgan fingerprint density at radius 2 is 0.377 bits per heavy atom. The maximum absolute atomic E-state index is 14.1. The number of carbonyl (C=O) groups is 3. The molecule has 0 fully saturated rings. The number of esters is 3. The lowest BCUT2D eigenvalue weighted by atomic mass is 9.79. The van der Waals surface area contributed by atoms with E-state index in [1.165, 1.54) is 0 Å². The largest absolute Gasteiger partial charge is 0.465 e. The highest BCUT2D eigenvalue weighted by atomic mass is 16.5. The van der Waals surface area contributed by atoms with E-state index < -0.39 is 48.7 Å². The molecule has 0 amide bonds. The molecule has 27 heteroatoms. The van der Waals surface area contributed by atoms with Gasteiger partial charge in [-0.3, -0.25) is 14.4 Å². The number of nitrogens with zero attached hydrogens (tertiary/aromatic N) is 9. The second kappa shape index (κ2) is 34.2. The topological polar surface area (TPSA) is 361 Å². The number of fused-ring (bicyclic) bond motifs is 24. The highest BCUT2D eigenvalue weighted by Crippen LogP contribution is 2.49. The third kappa shape index (κ3) is 17.0. The van der Waals surface area contributed by atoms with Gasteiger partial charge in [0.2, 0.25) is 0 Å². The third-order valence-corrected chi connectivity index (χ3v) is 32.2. The van der Waals surface area contributed by atoms with Crippen molar-refractivity contribution in [2.45, 2.75) is 288 Å². The number of benzene rings is 1. The molecule has 27 nitrogen and oxygen atoms in total. The fraction of sp³-hybridized carbons (Fsp3) is 0.432. The first kappa shape index (κ1) is 93.4. The first-order valence-corrected chi connectivity index (χ1v) is 49.0. The molecule has 0 saturated carbocycles. The van der Waals surface area contributed by atoms with Crippen LogP contribution in [0.25, 0.3) is 0 Å². The first-order chi connectivity index (χ1) is 65.3. The maximum Gasteiger partial charge on any atom is 0.305 e. The first-order valence-electron chi connectivity index (χ1n) is 49.0. The van der Waals surface area contributed by atoms with E-state index in [9.17, 15) is 14.4 Å². The Labute approximate surface area is 807 Å². The standard InChI is InChI=1S/C111H135N21O6/c1-100(2)73-22-28-79(112-73)103(7,8)85-34-40-91(118-85)109(19,92-41-35-86(119-92)104(9,10)80-29-23-74(100)113-80)52-46-97(133)136-55-49-70-64-130(127-124-70)61-67-58-68(62-131-65-71(125-128-131)50-56-137-98(134)47-53-110(20)93-42-36-87(120-93)105(11,12)81-30-24-75(114-81)101(3,4)76-25-31-82(115-76)106(13,14)88-37-43-94(110)121-88)60-69(59-67)63-132-66-72(126-129-132)51-57-138-99(135)48-54-111(21)95-44-38-89(122-95)107(15,16)83-32-26-77(116-83)102(5,6)78-27-33-84(117-78)108(17,18)90-39-45-96(111)123-90/h22-45,58-60,64-66,112-123H,46-57,61-63H2,1-21H3.